The van der Waals surface area contributed by atoms with Crippen molar-refractivity contribution in [2.24, 2.45) is 5.92 Å². The van der Waals surface area contributed by atoms with Crippen LogP contribution in [0, 0.1) is 5.92 Å². The average Bonchev–Trinajstić information content (AvgIpc) is 2.63. The molecule has 2 aliphatic heterocycles. The van der Waals surface area contributed by atoms with Crippen molar-refractivity contribution in [2.75, 3.05) is 26.2 Å². The number of ether oxygens (including phenoxy) is 1. The maximum atomic E-state index is 12.2. The van der Waals surface area contributed by atoms with E-state index in [9.17, 15) is 4.79 Å². The third-order valence-electron chi connectivity index (χ3n) is 5.35. The molecule has 2 aliphatic rings. The summed E-state index contributed by atoms with van der Waals surface area (Å²) in [5.74, 6) is 1.70. The topological polar surface area (TPSA) is 45.7 Å². The Morgan fingerprint density at radius 1 is 1.12 bits per heavy atom. The van der Waals surface area contributed by atoms with Gasteiger partial charge in [0.15, 0.2) is 0 Å². The Balaban J connectivity index is 1.40. The van der Waals surface area contributed by atoms with Gasteiger partial charge >= 0.3 is 0 Å². The highest BCUT2D eigenvalue weighted by molar-refractivity contribution is 5.76. The molecule has 2 fully saturated rings. The molecule has 0 spiro atoms. The lowest BCUT2D eigenvalue weighted by Crippen LogP contribution is -2.50. The molecule has 0 bridgehead atoms. The van der Waals surface area contributed by atoms with Crippen molar-refractivity contribution in [3.63, 3.8) is 0 Å². The van der Waals surface area contributed by atoms with E-state index < -0.39 is 0 Å². The van der Waals surface area contributed by atoms with Crippen LogP contribution in [0.25, 0.3) is 0 Å². The molecule has 1 aromatic rings. The van der Waals surface area contributed by atoms with Gasteiger partial charge < -0.3 is 9.64 Å². The van der Waals surface area contributed by atoms with Crippen molar-refractivity contribution < 1.29 is 9.53 Å². The minimum absolute atomic E-state index is 0.311. The van der Waals surface area contributed by atoms with Gasteiger partial charge in [-0.15, -0.1) is 0 Å². The lowest BCUT2D eigenvalue weighted by atomic mass is 9.98. The first-order valence-corrected chi connectivity index (χ1v) is 9.70. The fraction of sp³-hybridized carbons (Fsp3) is 0.700. The second kappa shape index (κ2) is 8.65. The van der Waals surface area contributed by atoms with Gasteiger partial charge in [-0.05, 0) is 43.7 Å². The molecule has 2 saturated heterocycles. The fourth-order valence-corrected chi connectivity index (χ4v) is 3.93. The van der Waals surface area contributed by atoms with Crippen LogP contribution in [0.5, 0.6) is 5.75 Å². The number of amides is 1. The summed E-state index contributed by atoms with van der Waals surface area (Å²) >= 11 is 0. The van der Waals surface area contributed by atoms with Gasteiger partial charge in [0.25, 0.3) is 0 Å². The molecule has 0 radical (unpaired) electrons. The largest absolute Gasteiger partial charge is 0.490 e. The molecule has 25 heavy (non-hydrogen) atoms. The minimum atomic E-state index is 0.311. The van der Waals surface area contributed by atoms with Gasteiger partial charge in [-0.3, -0.25) is 14.7 Å². The van der Waals surface area contributed by atoms with Crippen LogP contribution in [-0.4, -0.2) is 59.0 Å². The number of rotatable bonds is 5. The summed E-state index contributed by atoms with van der Waals surface area (Å²) in [4.78, 5) is 20.9. The van der Waals surface area contributed by atoms with Crippen molar-refractivity contribution in [3.05, 3.63) is 24.5 Å². The molecular formula is C20H31N3O2. The Morgan fingerprint density at radius 2 is 1.76 bits per heavy atom. The van der Waals surface area contributed by atoms with E-state index in [1.54, 1.807) is 12.4 Å². The smallest absolute Gasteiger partial charge is 0.222 e. The van der Waals surface area contributed by atoms with E-state index in [1.165, 1.54) is 0 Å². The number of nitrogens with zero attached hydrogens (tertiary/aromatic N) is 3. The van der Waals surface area contributed by atoms with Crippen LogP contribution in [0.2, 0.25) is 0 Å². The molecule has 138 valence electrons. The Hall–Kier alpha value is -1.62. The third kappa shape index (κ3) is 5.18. The molecule has 0 saturated carbocycles. The van der Waals surface area contributed by atoms with E-state index in [-0.39, 0.29) is 0 Å². The normalized spacial score (nSPS) is 20.8. The second-order valence-electron chi connectivity index (χ2n) is 7.75. The summed E-state index contributed by atoms with van der Waals surface area (Å²) in [6, 6.07) is 4.48. The van der Waals surface area contributed by atoms with Crippen LogP contribution in [0.1, 0.15) is 46.0 Å². The Bertz CT molecular complexity index is 533. The van der Waals surface area contributed by atoms with Crippen molar-refractivity contribution in [1.29, 1.82) is 0 Å². The molecule has 0 unspecified atom stereocenters. The Labute approximate surface area is 151 Å². The molecule has 1 aromatic heterocycles. The monoisotopic (exact) mass is 345 g/mol. The van der Waals surface area contributed by atoms with Gasteiger partial charge in [-0.1, -0.05) is 13.8 Å². The van der Waals surface area contributed by atoms with Gasteiger partial charge in [0.1, 0.15) is 11.9 Å². The average molecular weight is 345 g/mol. The molecule has 0 aliphatic carbocycles. The second-order valence-corrected chi connectivity index (χ2v) is 7.75. The van der Waals surface area contributed by atoms with Gasteiger partial charge in [0.05, 0.1) is 0 Å². The molecule has 0 atom stereocenters. The fourth-order valence-electron chi connectivity index (χ4n) is 3.93. The summed E-state index contributed by atoms with van der Waals surface area (Å²) in [5.41, 5.74) is 0. The highest BCUT2D eigenvalue weighted by Crippen LogP contribution is 2.24. The number of pyridine rings is 1. The van der Waals surface area contributed by atoms with Crippen LogP contribution in [0.15, 0.2) is 24.5 Å². The van der Waals surface area contributed by atoms with E-state index in [1.807, 2.05) is 12.1 Å². The molecule has 5 heteroatoms. The number of aromatic nitrogens is 1. The first-order chi connectivity index (χ1) is 12.1. The molecule has 1 amide bonds. The van der Waals surface area contributed by atoms with Gasteiger partial charge in [0.2, 0.25) is 5.91 Å². The molecule has 5 nitrogen and oxygen atoms in total. The predicted octanol–water partition coefficient (Wildman–Crippen LogP) is 2.96. The number of piperidine rings is 2. The molecule has 0 aromatic carbocycles. The standard InChI is InChI=1S/C20H31N3O2/c1-16(2)15-20(24)23-11-5-17(6-12-23)22-13-7-19(8-14-22)25-18-3-9-21-10-4-18/h3-4,9-10,16-17,19H,5-8,11-15H2,1-2H3. The number of carbonyl (C=O) groups is 1. The summed E-state index contributed by atoms with van der Waals surface area (Å²) < 4.78 is 6.06. The third-order valence-corrected chi connectivity index (χ3v) is 5.35. The van der Waals surface area contributed by atoms with Crippen molar-refractivity contribution in [1.82, 2.24) is 14.8 Å². The van der Waals surface area contributed by atoms with Crippen molar-refractivity contribution in [2.45, 2.75) is 58.1 Å². The van der Waals surface area contributed by atoms with Gasteiger partial charge in [-0.2, -0.15) is 0 Å². The zero-order valence-electron chi connectivity index (χ0n) is 15.6. The van der Waals surface area contributed by atoms with Crippen LogP contribution < -0.4 is 4.74 Å². The number of hydrogen-bond acceptors (Lipinski definition) is 4. The quantitative estimate of drug-likeness (QED) is 0.823. The zero-order valence-corrected chi connectivity index (χ0v) is 15.6. The molecule has 0 N–H and O–H groups in total. The van der Waals surface area contributed by atoms with Crippen LogP contribution in [-0.2, 0) is 4.79 Å². The van der Waals surface area contributed by atoms with Gasteiger partial charge in [0, 0.05) is 51.0 Å². The Kier molecular flexibility index (Phi) is 6.29. The summed E-state index contributed by atoms with van der Waals surface area (Å²) in [5, 5.41) is 0. The highest BCUT2D eigenvalue weighted by Gasteiger charge is 2.30. The maximum Gasteiger partial charge on any atom is 0.222 e. The lowest BCUT2D eigenvalue weighted by molar-refractivity contribution is -0.133. The van der Waals surface area contributed by atoms with E-state index >= 15 is 0 Å². The minimum Gasteiger partial charge on any atom is -0.490 e. The van der Waals surface area contributed by atoms with E-state index in [0.29, 0.717) is 30.4 Å². The maximum absolute atomic E-state index is 12.2. The first kappa shape index (κ1) is 18.2. The van der Waals surface area contributed by atoms with Gasteiger partial charge in [-0.25, -0.2) is 0 Å². The predicted molar refractivity (Wildman–Crippen MR) is 98.5 cm³/mol. The SMILES string of the molecule is CC(C)CC(=O)N1CCC(N2CCC(Oc3ccncc3)CC2)CC1. The first-order valence-electron chi connectivity index (χ1n) is 9.70. The number of carbonyl (C=O) groups excluding carboxylic acids is 1. The highest BCUT2D eigenvalue weighted by atomic mass is 16.5. The molecule has 3 heterocycles. The van der Waals surface area contributed by atoms with Crippen LogP contribution in [0.4, 0.5) is 0 Å². The molecule has 3 rings (SSSR count). The van der Waals surface area contributed by atoms with Crippen molar-refractivity contribution >= 4 is 5.91 Å². The Morgan fingerprint density at radius 3 is 2.36 bits per heavy atom. The van der Waals surface area contributed by atoms with E-state index in [2.05, 4.69) is 28.6 Å². The number of likely N-dealkylation sites (tertiary alicyclic amines) is 2. The summed E-state index contributed by atoms with van der Waals surface area (Å²) in [7, 11) is 0. The summed E-state index contributed by atoms with van der Waals surface area (Å²) in [6.07, 6.45) is 8.93. The lowest BCUT2D eigenvalue weighted by Gasteiger charge is -2.41. The van der Waals surface area contributed by atoms with Crippen molar-refractivity contribution in [3.8, 4) is 5.75 Å². The van der Waals surface area contributed by atoms with Crippen LogP contribution in [0.3, 0.4) is 0 Å². The van der Waals surface area contributed by atoms with Crippen LogP contribution >= 0.6 is 0 Å². The zero-order chi connectivity index (χ0) is 17.6. The van der Waals surface area contributed by atoms with E-state index in [4.69, 9.17) is 4.74 Å². The van der Waals surface area contributed by atoms with E-state index in [0.717, 1.165) is 57.6 Å². The molecular weight excluding hydrogens is 314 g/mol. The summed E-state index contributed by atoms with van der Waals surface area (Å²) in [6.45, 7) is 8.26. The number of hydrogen-bond donors (Lipinski definition) is 0.